The molecule has 2 aliphatic carbocycles. The lowest BCUT2D eigenvalue weighted by molar-refractivity contribution is 0.406. The molecule has 0 radical (unpaired) electrons. The summed E-state index contributed by atoms with van der Waals surface area (Å²) in [4.78, 5) is 0.373. The molecule has 2 N–H and O–H groups in total. The number of rotatable bonds is 5. The molecule has 6 heteroatoms. The van der Waals surface area contributed by atoms with E-state index < -0.39 is 10.0 Å². The van der Waals surface area contributed by atoms with Gasteiger partial charge in [0.25, 0.3) is 0 Å². The zero-order valence-electron chi connectivity index (χ0n) is 17.9. The van der Waals surface area contributed by atoms with Gasteiger partial charge in [-0.15, -0.1) is 0 Å². The van der Waals surface area contributed by atoms with E-state index in [4.69, 9.17) is 4.74 Å². The van der Waals surface area contributed by atoms with E-state index in [0.717, 1.165) is 49.1 Å². The van der Waals surface area contributed by atoms with Crippen molar-refractivity contribution in [1.82, 2.24) is 4.72 Å². The lowest BCUT2D eigenvalue weighted by Gasteiger charge is -2.38. The Morgan fingerprint density at radius 3 is 2.71 bits per heavy atom. The van der Waals surface area contributed by atoms with Crippen LogP contribution in [0.5, 0.6) is 5.75 Å². The predicted octanol–water partition coefficient (Wildman–Crippen LogP) is 5.13. The Morgan fingerprint density at radius 1 is 1.06 bits per heavy atom. The number of fused-ring (bicyclic) bond motifs is 3. The van der Waals surface area contributed by atoms with E-state index in [2.05, 4.69) is 34.3 Å². The number of sulfonamides is 1. The van der Waals surface area contributed by atoms with Gasteiger partial charge in [-0.2, -0.15) is 0 Å². The number of benzene rings is 2. The van der Waals surface area contributed by atoms with Gasteiger partial charge in [-0.05, 0) is 66.6 Å². The fourth-order valence-corrected chi connectivity index (χ4v) is 6.75. The highest BCUT2D eigenvalue weighted by molar-refractivity contribution is 7.89. The molecule has 0 aromatic heterocycles. The van der Waals surface area contributed by atoms with Gasteiger partial charge in [0.2, 0.25) is 10.0 Å². The number of ether oxygens (including phenoxy) is 1. The SMILES string of the molecule is COc1cccc(C2Nc3ccc(S(=O)(=O)NC4CCCCC4)cc3C3C=CCC32)c1. The molecule has 5 nitrogen and oxygen atoms in total. The molecular weight excluding hydrogens is 408 g/mol. The monoisotopic (exact) mass is 438 g/mol. The van der Waals surface area contributed by atoms with Crippen LogP contribution >= 0.6 is 0 Å². The summed E-state index contributed by atoms with van der Waals surface area (Å²) in [5.41, 5.74) is 3.28. The number of nitrogens with one attached hydrogen (secondary N) is 2. The fraction of sp³-hybridized carbons (Fsp3) is 0.440. The highest BCUT2D eigenvalue weighted by Gasteiger charge is 2.38. The van der Waals surface area contributed by atoms with Gasteiger partial charge in [0, 0.05) is 17.6 Å². The van der Waals surface area contributed by atoms with Crippen molar-refractivity contribution in [1.29, 1.82) is 0 Å². The number of hydrogen-bond donors (Lipinski definition) is 2. The van der Waals surface area contributed by atoms with E-state index in [-0.39, 0.29) is 18.0 Å². The van der Waals surface area contributed by atoms with Gasteiger partial charge in [-0.1, -0.05) is 43.5 Å². The van der Waals surface area contributed by atoms with Gasteiger partial charge in [-0.25, -0.2) is 13.1 Å². The molecule has 2 aromatic rings. The van der Waals surface area contributed by atoms with E-state index in [9.17, 15) is 8.42 Å². The Balaban J connectivity index is 1.45. The van der Waals surface area contributed by atoms with Crippen molar-refractivity contribution < 1.29 is 13.2 Å². The van der Waals surface area contributed by atoms with E-state index in [1.807, 2.05) is 24.3 Å². The second-order valence-electron chi connectivity index (χ2n) is 8.96. The normalized spacial score (nSPS) is 25.5. The lowest BCUT2D eigenvalue weighted by Crippen LogP contribution is -2.36. The molecule has 3 unspecified atom stereocenters. The molecule has 164 valence electrons. The second-order valence-corrected chi connectivity index (χ2v) is 10.7. The minimum atomic E-state index is -3.52. The molecule has 1 aliphatic heterocycles. The molecule has 3 aliphatic rings. The first-order chi connectivity index (χ1) is 15.0. The topological polar surface area (TPSA) is 67.4 Å². The van der Waals surface area contributed by atoms with Crippen molar-refractivity contribution in [3.8, 4) is 5.75 Å². The van der Waals surface area contributed by atoms with Crippen LogP contribution in [0.3, 0.4) is 0 Å². The fourth-order valence-electron chi connectivity index (χ4n) is 5.41. The molecule has 0 bridgehead atoms. The maximum Gasteiger partial charge on any atom is 0.240 e. The van der Waals surface area contributed by atoms with Crippen molar-refractivity contribution in [2.75, 3.05) is 12.4 Å². The smallest absolute Gasteiger partial charge is 0.240 e. The Kier molecular flexibility index (Phi) is 5.52. The zero-order chi connectivity index (χ0) is 21.4. The third-order valence-electron chi connectivity index (χ3n) is 7.02. The van der Waals surface area contributed by atoms with Gasteiger partial charge >= 0.3 is 0 Å². The largest absolute Gasteiger partial charge is 0.497 e. The summed E-state index contributed by atoms with van der Waals surface area (Å²) in [6.07, 6.45) is 10.7. The van der Waals surface area contributed by atoms with E-state index in [0.29, 0.717) is 10.8 Å². The van der Waals surface area contributed by atoms with Crippen LogP contribution in [0.4, 0.5) is 5.69 Å². The maximum atomic E-state index is 13.1. The summed E-state index contributed by atoms with van der Waals surface area (Å²) in [7, 11) is -1.83. The minimum Gasteiger partial charge on any atom is -0.497 e. The molecule has 5 rings (SSSR count). The van der Waals surface area contributed by atoms with E-state index in [1.54, 1.807) is 13.2 Å². The quantitative estimate of drug-likeness (QED) is 0.635. The van der Waals surface area contributed by atoms with Gasteiger partial charge in [0.15, 0.2) is 0 Å². The van der Waals surface area contributed by atoms with Crippen LogP contribution in [0.15, 0.2) is 59.5 Å². The molecule has 31 heavy (non-hydrogen) atoms. The summed E-state index contributed by atoms with van der Waals surface area (Å²) in [6, 6.07) is 14.0. The summed E-state index contributed by atoms with van der Waals surface area (Å²) in [5.74, 6) is 1.41. The molecule has 3 atom stereocenters. The molecular formula is C25H30N2O3S. The molecule has 1 heterocycles. The third kappa shape index (κ3) is 3.99. The van der Waals surface area contributed by atoms with Crippen molar-refractivity contribution >= 4 is 15.7 Å². The highest BCUT2D eigenvalue weighted by atomic mass is 32.2. The van der Waals surface area contributed by atoms with Gasteiger partial charge in [0.05, 0.1) is 18.0 Å². The first-order valence-electron chi connectivity index (χ1n) is 11.3. The van der Waals surface area contributed by atoms with Gasteiger partial charge in [0.1, 0.15) is 5.75 Å². The maximum absolute atomic E-state index is 13.1. The average molecular weight is 439 g/mol. The Hall–Kier alpha value is -2.31. The molecule has 0 spiro atoms. The van der Waals surface area contributed by atoms with Crippen LogP contribution < -0.4 is 14.8 Å². The van der Waals surface area contributed by atoms with Crippen LogP contribution in [0, 0.1) is 5.92 Å². The highest BCUT2D eigenvalue weighted by Crippen LogP contribution is 2.50. The first-order valence-corrected chi connectivity index (χ1v) is 12.8. The molecule has 0 saturated heterocycles. The number of anilines is 1. The number of allylic oxidation sites excluding steroid dienone is 2. The summed E-state index contributed by atoms with van der Waals surface area (Å²) in [6.45, 7) is 0. The third-order valence-corrected chi connectivity index (χ3v) is 8.54. The lowest BCUT2D eigenvalue weighted by atomic mass is 9.77. The molecule has 1 saturated carbocycles. The summed E-state index contributed by atoms with van der Waals surface area (Å²) >= 11 is 0. The number of hydrogen-bond acceptors (Lipinski definition) is 4. The Morgan fingerprint density at radius 2 is 1.90 bits per heavy atom. The van der Waals surface area contributed by atoms with E-state index >= 15 is 0 Å². The van der Waals surface area contributed by atoms with Crippen LogP contribution in [-0.4, -0.2) is 21.6 Å². The Labute approximate surface area is 184 Å². The van der Waals surface area contributed by atoms with Gasteiger partial charge in [-0.3, -0.25) is 0 Å². The number of methoxy groups -OCH3 is 1. The standard InChI is InChI=1S/C25H30N2O3S/c1-30-19-10-5-7-17(15-19)25-22-12-6-11-21(22)23-16-20(13-14-24(23)26-25)31(28,29)27-18-8-3-2-4-9-18/h5-7,10-11,13-16,18,21-22,25-27H,2-4,8-9,12H2,1H3. The second kappa shape index (κ2) is 8.32. The molecule has 2 aromatic carbocycles. The van der Waals surface area contributed by atoms with Crippen molar-refractivity contribution in [2.45, 2.75) is 61.4 Å². The van der Waals surface area contributed by atoms with Crippen molar-refractivity contribution in [3.05, 3.63) is 65.7 Å². The predicted molar refractivity (Wildman–Crippen MR) is 123 cm³/mol. The van der Waals surface area contributed by atoms with Crippen molar-refractivity contribution in [2.24, 2.45) is 5.92 Å². The molecule has 0 amide bonds. The minimum absolute atomic E-state index is 0.0597. The zero-order valence-corrected chi connectivity index (χ0v) is 18.7. The van der Waals surface area contributed by atoms with E-state index in [1.165, 1.54) is 12.0 Å². The summed E-state index contributed by atoms with van der Waals surface area (Å²) in [5, 5.41) is 3.69. The Bertz CT molecular complexity index is 1090. The van der Waals surface area contributed by atoms with Crippen LogP contribution in [-0.2, 0) is 10.0 Å². The van der Waals surface area contributed by atoms with Crippen molar-refractivity contribution in [3.63, 3.8) is 0 Å². The average Bonchev–Trinajstić information content (AvgIpc) is 3.29. The van der Waals surface area contributed by atoms with Gasteiger partial charge < -0.3 is 10.1 Å². The summed E-state index contributed by atoms with van der Waals surface area (Å²) < 4.78 is 34.5. The van der Waals surface area contributed by atoms with Crippen LogP contribution in [0.25, 0.3) is 0 Å². The first kappa shape index (κ1) is 20.6. The van der Waals surface area contributed by atoms with Crippen LogP contribution in [0.1, 0.15) is 61.6 Å². The molecule has 1 fully saturated rings. The van der Waals surface area contributed by atoms with Crippen LogP contribution in [0.2, 0.25) is 0 Å².